The molecule has 1 aromatic carbocycles. The van der Waals surface area contributed by atoms with Gasteiger partial charge in [0.25, 0.3) is 0 Å². The quantitative estimate of drug-likeness (QED) is 0.815. The lowest BCUT2D eigenvalue weighted by molar-refractivity contribution is 0.338. The van der Waals surface area contributed by atoms with Gasteiger partial charge in [-0.2, -0.15) is 0 Å². The molecule has 0 spiro atoms. The van der Waals surface area contributed by atoms with E-state index in [1.54, 1.807) is 12.1 Å². The van der Waals surface area contributed by atoms with Crippen LogP contribution in [0.2, 0.25) is 0 Å². The summed E-state index contributed by atoms with van der Waals surface area (Å²) in [5, 5.41) is 4.04. The highest BCUT2D eigenvalue weighted by Gasteiger charge is 2.12. The fourth-order valence-corrected chi connectivity index (χ4v) is 2.24. The highest BCUT2D eigenvalue weighted by molar-refractivity contribution is 7.80. The zero-order valence-corrected chi connectivity index (χ0v) is 10.6. The van der Waals surface area contributed by atoms with Crippen LogP contribution in [-0.4, -0.2) is 23.1 Å². The van der Waals surface area contributed by atoms with Crippen LogP contribution in [0.25, 0.3) is 0 Å². The Morgan fingerprint density at radius 1 is 1.18 bits per heavy atom. The third-order valence-corrected chi connectivity index (χ3v) is 3.40. The average molecular weight is 252 g/mol. The molecule has 1 heterocycles. The van der Waals surface area contributed by atoms with Gasteiger partial charge in [-0.05, 0) is 49.2 Å². The van der Waals surface area contributed by atoms with E-state index in [0.717, 1.165) is 23.8 Å². The predicted octanol–water partition coefficient (Wildman–Crippen LogP) is 2.69. The van der Waals surface area contributed by atoms with Crippen molar-refractivity contribution in [2.24, 2.45) is 0 Å². The molecule has 0 aromatic heterocycles. The van der Waals surface area contributed by atoms with Gasteiger partial charge >= 0.3 is 0 Å². The van der Waals surface area contributed by atoms with Crippen molar-refractivity contribution in [2.75, 3.05) is 13.1 Å². The summed E-state index contributed by atoms with van der Waals surface area (Å²) in [6.07, 6.45) is 3.74. The highest BCUT2D eigenvalue weighted by atomic mass is 32.1. The number of halogens is 1. The van der Waals surface area contributed by atoms with Crippen LogP contribution in [0.3, 0.4) is 0 Å². The van der Waals surface area contributed by atoms with Crippen LogP contribution in [0.1, 0.15) is 24.8 Å². The van der Waals surface area contributed by atoms with Crippen molar-refractivity contribution in [3.05, 3.63) is 35.6 Å². The van der Waals surface area contributed by atoms with E-state index >= 15 is 0 Å². The molecule has 2 rings (SSSR count). The van der Waals surface area contributed by atoms with Crippen molar-refractivity contribution < 1.29 is 4.39 Å². The highest BCUT2D eigenvalue weighted by Crippen LogP contribution is 2.09. The molecule has 0 aliphatic carbocycles. The maximum Gasteiger partial charge on any atom is 0.169 e. The maximum absolute atomic E-state index is 12.7. The van der Waals surface area contributed by atoms with Crippen molar-refractivity contribution in [3.63, 3.8) is 0 Å². The number of thiocarbonyl (C=S) groups is 1. The molecule has 17 heavy (non-hydrogen) atoms. The minimum absolute atomic E-state index is 0.202. The van der Waals surface area contributed by atoms with Gasteiger partial charge in [0.2, 0.25) is 0 Å². The Morgan fingerprint density at radius 2 is 1.82 bits per heavy atom. The molecule has 1 fully saturated rings. The normalized spacial score (nSPS) is 15.7. The van der Waals surface area contributed by atoms with E-state index in [-0.39, 0.29) is 5.82 Å². The van der Waals surface area contributed by atoms with Gasteiger partial charge in [0.1, 0.15) is 5.82 Å². The first kappa shape index (κ1) is 12.3. The molecule has 1 N–H and O–H groups in total. The third-order valence-electron chi connectivity index (χ3n) is 3.00. The standard InChI is InChI=1S/C13H17FN2S/c14-12-6-4-11(5-7-12)10-15-13(17)16-8-2-1-3-9-16/h4-7H,1-3,8-10H2,(H,15,17). The molecular formula is C13H17FN2S. The van der Waals surface area contributed by atoms with Crippen LogP contribution >= 0.6 is 12.2 Å². The van der Waals surface area contributed by atoms with Crippen molar-refractivity contribution in [3.8, 4) is 0 Å². The Labute approximate surface area is 107 Å². The van der Waals surface area contributed by atoms with Crippen molar-refractivity contribution >= 4 is 17.3 Å². The largest absolute Gasteiger partial charge is 0.358 e. The molecule has 4 heteroatoms. The molecule has 0 unspecified atom stereocenters. The van der Waals surface area contributed by atoms with Crippen LogP contribution in [-0.2, 0) is 6.54 Å². The second-order valence-electron chi connectivity index (χ2n) is 4.33. The Bertz CT molecular complexity index is 372. The smallest absolute Gasteiger partial charge is 0.169 e. The van der Waals surface area contributed by atoms with E-state index in [1.165, 1.54) is 31.4 Å². The first-order chi connectivity index (χ1) is 8.25. The predicted molar refractivity (Wildman–Crippen MR) is 71.3 cm³/mol. The van der Waals surface area contributed by atoms with Crippen LogP contribution in [0.5, 0.6) is 0 Å². The van der Waals surface area contributed by atoms with Gasteiger partial charge in [0.15, 0.2) is 5.11 Å². The molecule has 0 bridgehead atoms. The molecule has 2 nitrogen and oxygen atoms in total. The molecule has 0 atom stereocenters. The summed E-state index contributed by atoms with van der Waals surface area (Å²) < 4.78 is 12.7. The van der Waals surface area contributed by atoms with Crippen LogP contribution in [0, 0.1) is 5.82 Å². The summed E-state index contributed by atoms with van der Waals surface area (Å²) in [6, 6.07) is 6.50. The first-order valence-corrected chi connectivity index (χ1v) is 6.44. The number of hydrogen-bond donors (Lipinski definition) is 1. The molecule has 92 valence electrons. The zero-order valence-electron chi connectivity index (χ0n) is 9.79. The van der Waals surface area contributed by atoms with E-state index < -0.39 is 0 Å². The number of nitrogens with one attached hydrogen (secondary N) is 1. The number of nitrogens with zero attached hydrogens (tertiary/aromatic N) is 1. The Kier molecular flexibility index (Phi) is 4.31. The van der Waals surface area contributed by atoms with Gasteiger partial charge < -0.3 is 10.2 Å². The molecule has 1 aliphatic heterocycles. The lowest BCUT2D eigenvalue weighted by Crippen LogP contribution is -2.42. The fourth-order valence-electron chi connectivity index (χ4n) is 1.99. The second kappa shape index (κ2) is 5.96. The lowest BCUT2D eigenvalue weighted by Gasteiger charge is -2.29. The minimum atomic E-state index is -0.202. The summed E-state index contributed by atoms with van der Waals surface area (Å²) in [4.78, 5) is 2.21. The average Bonchev–Trinajstić information content (AvgIpc) is 2.39. The minimum Gasteiger partial charge on any atom is -0.358 e. The fraction of sp³-hybridized carbons (Fsp3) is 0.462. The monoisotopic (exact) mass is 252 g/mol. The van der Waals surface area contributed by atoms with Gasteiger partial charge in [-0.25, -0.2) is 4.39 Å². The van der Waals surface area contributed by atoms with Gasteiger partial charge in [-0.15, -0.1) is 0 Å². The van der Waals surface area contributed by atoms with Gasteiger partial charge in [0.05, 0.1) is 0 Å². The number of benzene rings is 1. The Hall–Kier alpha value is -1.16. The SMILES string of the molecule is Fc1ccc(CNC(=S)N2CCCCC2)cc1. The summed E-state index contributed by atoms with van der Waals surface area (Å²) in [5.74, 6) is -0.202. The van der Waals surface area contributed by atoms with E-state index in [9.17, 15) is 4.39 Å². The van der Waals surface area contributed by atoms with Crippen LogP contribution in [0.4, 0.5) is 4.39 Å². The summed E-state index contributed by atoms with van der Waals surface area (Å²) in [5.41, 5.74) is 1.05. The summed E-state index contributed by atoms with van der Waals surface area (Å²) in [6.45, 7) is 2.76. The molecule has 1 aliphatic rings. The van der Waals surface area contributed by atoms with E-state index in [0.29, 0.717) is 6.54 Å². The lowest BCUT2D eigenvalue weighted by atomic mass is 10.1. The van der Waals surface area contributed by atoms with E-state index in [2.05, 4.69) is 10.2 Å². The summed E-state index contributed by atoms with van der Waals surface area (Å²) >= 11 is 5.34. The molecule has 1 aromatic rings. The van der Waals surface area contributed by atoms with Crippen molar-refractivity contribution in [1.82, 2.24) is 10.2 Å². The maximum atomic E-state index is 12.7. The summed E-state index contributed by atoms with van der Waals surface area (Å²) in [7, 11) is 0. The van der Waals surface area contributed by atoms with Gasteiger partial charge in [-0.1, -0.05) is 12.1 Å². The number of piperidine rings is 1. The Morgan fingerprint density at radius 3 is 2.47 bits per heavy atom. The second-order valence-corrected chi connectivity index (χ2v) is 4.72. The van der Waals surface area contributed by atoms with Gasteiger partial charge in [0, 0.05) is 19.6 Å². The molecule has 0 radical (unpaired) electrons. The molecule has 0 saturated carbocycles. The zero-order chi connectivity index (χ0) is 12.1. The topological polar surface area (TPSA) is 15.3 Å². The van der Waals surface area contributed by atoms with E-state index in [1.807, 2.05) is 0 Å². The number of rotatable bonds is 2. The van der Waals surface area contributed by atoms with Crippen LogP contribution < -0.4 is 5.32 Å². The molecule has 0 amide bonds. The molecule has 1 saturated heterocycles. The Balaban J connectivity index is 1.81. The van der Waals surface area contributed by atoms with Crippen molar-refractivity contribution in [2.45, 2.75) is 25.8 Å². The third kappa shape index (κ3) is 3.66. The van der Waals surface area contributed by atoms with Gasteiger partial charge in [-0.3, -0.25) is 0 Å². The number of likely N-dealkylation sites (tertiary alicyclic amines) is 1. The number of hydrogen-bond acceptors (Lipinski definition) is 1. The van der Waals surface area contributed by atoms with Crippen LogP contribution in [0.15, 0.2) is 24.3 Å². The first-order valence-electron chi connectivity index (χ1n) is 6.03. The molecular weight excluding hydrogens is 235 g/mol. The van der Waals surface area contributed by atoms with Crippen molar-refractivity contribution in [1.29, 1.82) is 0 Å². The van der Waals surface area contributed by atoms with E-state index in [4.69, 9.17) is 12.2 Å².